The second-order valence-corrected chi connectivity index (χ2v) is 7.50. The minimum Gasteiger partial charge on any atom is -0.468 e. The fourth-order valence-electron chi connectivity index (χ4n) is 2.62. The van der Waals surface area contributed by atoms with Gasteiger partial charge in [0.2, 0.25) is 11.8 Å². The van der Waals surface area contributed by atoms with Crippen molar-refractivity contribution in [3.8, 4) is 5.88 Å². The molecule has 1 aliphatic carbocycles. The molecule has 0 aromatic carbocycles. The first kappa shape index (κ1) is 21.5. The Morgan fingerprint density at radius 2 is 1.97 bits per heavy atom. The van der Waals surface area contributed by atoms with Crippen molar-refractivity contribution in [3.63, 3.8) is 0 Å². The van der Waals surface area contributed by atoms with Crippen molar-refractivity contribution >= 4 is 17.6 Å². The number of halogens is 3. The summed E-state index contributed by atoms with van der Waals surface area (Å²) in [5, 5.41) is 5.42. The van der Waals surface area contributed by atoms with Crippen LogP contribution in [0.1, 0.15) is 41.3 Å². The van der Waals surface area contributed by atoms with Crippen molar-refractivity contribution in [1.29, 1.82) is 0 Å². The van der Waals surface area contributed by atoms with Gasteiger partial charge in [-0.2, -0.15) is 13.2 Å². The van der Waals surface area contributed by atoms with Gasteiger partial charge in [0.25, 0.3) is 5.91 Å². The van der Waals surface area contributed by atoms with E-state index in [0.29, 0.717) is 22.5 Å². The lowest BCUT2D eigenvalue weighted by atomic mass is 10.1. The molecular weight excluding hydrogens is 401 g/mol. The number of aromatic nitrogens is 2. The van der Waals surface area contributed by atoms with Gasteiger partial charge in [-0.3, -0.25) is 9.59 Å². The lowest BCUT2D eigenvalue weighted by molar-refractivity contribution is -0.154. The summed E-state index contributed by atoms with van der Waals surface area (Å²) >= 11 is 0. The molecule has 2 N–H and O–H groups in total. The molecule has 0 bridgehead atoms. The third-order valence-corrected chi connectivity index (χ3v) is 4.72. The van der Waals surface area contributed by atoms with Crippen molar-refractivity contribution in [2.45, 2.75) is 39.4 Å². The van der Waals surface area contributed by atoms with Crippen LogP contribution in [0.4, 0.5) is 19.0 Å². The van der Waals surface area contributed by atoms with Crippen LogP contribution in [0.2, 0.25) is 0 Å². The smallest absolute Gasteiger partial charge is 0.422 e. The molecule has 30 heavy (non-hydrogen) atoms. The Morgan fingerprint density at radius 1 is 1.23 bits per heavy atom. The average Bonchev–Trinajstić information content (AvgIpc) is 3.43. The van der Waals surface area contributed by atoms with Crippen LogP contribution in [-0.4, -0.2) is 34.6 Å². The molecule has 2 aromatic rings. The first-order valence-corrected chi connectivity index (χ1v) is 9.26. The fraction of sp³-hybridized carbons (Fsp3) is 0.400. The maximum atomic E-state index is 12.4. The Morgan fingerprint density at radius 3 is 2.60 bits per heavy atom. The summed E-state index contributed by atoms with van der Waals surface area (Å²) in [6, 6.07) is 4.59. The van der Waals surface area contributed by atoms with E-state index < -0.39 is 12.8 Å². The molecule has 1 saturated carbocycles. The van der Waals surface area contributed by atoms with Crippen molar-refractivity contribution in [2.75, 3.05) is 11.9 Å². The van der Waals surface area contributed by atoms with E-state index in [0.717, 1.165) is 12.8 Å². The number of amides is 2. The Labute approximate surface area is 171 Å². The lowest BCUT2D eigenvalue weighted by Gasteiger charge is -2.12. The molecule has 1 aliphatic rings. The quantitative estimate of drug-likeness (QED) is 0.714. The Hall–Kier alpha value is -3.17. The van der Waals surface area contributed by atoms with E-state index in [2.05, 4.69) is 25.3 Å². The summed E-state index contributed by atoms with van der Waals surface area (Å²) in [6.07, 6.45) is -0.0231. The van der Waals surface area contributed by atoms with Gasteiger partial charge < -0.3 is 15.4 Å². The number of nitrogens with one attached hydrogen (secondary N) is 2. The normalized spacial score (nSPS) is 14.7. The average molecular weight is 422 g/mol. The topological polar surface area (TPSA) is 93.2 Å². The van der Waals surface area contributed by atoms with Crippen LogP contribution in [0.3, 0.4) is 0 Å². The summed E-state index contributed by atoms with van der Waals surface area (Å²) in [4.78, 5) is 32.5. The second kappa shape index (κ2) is 8.29. The molecule has 10 heteroatoms. The van der Waals surface area contributed by atoms with Crippen LogP contribution in [0, 0.1) is 12.3 Å². The standard InChI is InChI=1S/C20H21F3N4O3/c1-12-7-13(10-26-17(12)30-11-20(21,22)23)9-25-16(28)14-3-6-24-15(8-14)27-18(29)19(2)4-5-19/h3,6-8,10H,4-5,9,11H2,1-2H3,(H,25,28)(H,24,27,29). The number of aryl methyl sites for hydroxylation is 1. The van der Waals surface area contributed by atoms with Crippen molar-refractivity contribution in [3.05, 3.63) is 47.3 Å². The molecule has 0 spiro atoms. The molecule has 0 aliphatic heterocycles. The van der Waals surface area contributed by atoms with E-state index in [9.17, 15) is 22.8 Å². The highest BCUT2D eigenvalue weighted by molar-refractivity contribution is 5.98. The molecule has 2 aromatic heterocycles. The van der Waals surface area contributed by atoms with Gasteiger partial charge in [0, 0.05) is 35.5 Å². The van der Waals surface area contributed by atoms with E-state index in [1.807, 2.05) is 6.92 Å². The Bertz CT molecular complexity index is 959. The van der Waals surface area contributed by atoms with Crippen molar-refractivity contribution in [2.24, 2.45) is 5.41 Å². The van der Waals surface area contributed by atoms with Crippen molar-refractivity contribution in [1.82, 2.24) is 15.3 Å². The number of nitrogens with zero attached hydrogens (tertiary/aromatic N) is 2. The molecule has 0 unspecified atom stereocenters. The first-order chi connectivity index (χ1) is 14.1. The van der Waals surface area contributed by atoms with Gasteiger partial charge in [-0.05, 0) is 43.5 Å². The molecule has 0 radical (unpaired) electrons. The number of ether oxygens (including phenoxy) is 1. The SMILES string of the molecule is Cc1cc(CNC(=O)c2ccnc(NC(=O)C3(C)CC3)c2)cnc1OCC(F)(F)F. The lowest BCUT2D eigenvalue weighted by Crippen LogP contribution is -2.24. The predicted molar refractivity (Wildman–Crippen MR) is 102 cm³/mol. The number of pyridine rings is 2. The van der Waals surface area contributed by atoms with Gasteiger partial charge >= 0.3 is 6.18 Å². The Balaban J connectivity index is 1.57. The second-order valence-electron chi connectivity index (χ2n) is 7.50. The van der Waals surface area contributed by atoms with E-state index in [1.165, 1.54) is 24.5 Å². The molecule has 3 rings (SSSR count). The molecule has 0 saturated heterocycles. The largest absolute Gasteiger partial charge is 0.468 e. The van der Waals surface area contributed by atoms with Crippen LogP contribution in [0.15, 0.2) is 30.6 Å². The zero-order chi connectivity index (χ0) is 21.9. The third-order valence-electron chi connectivity index (χ3n) is 4.72. The molecular formula is C20H21F3N4O3. The number of alkyl halides is 3. The Kier molecular flexibility index (Phi) is 5.95. The third kappa shape index (κ3) is 5.68. The van der Waals surface area contributed by atoms with Crippen LogP contribution in [0.5, 0.6) is 5.88 Å². The monoisotopic (exact) mass is 422 g/mol. The maximum absolute atomic E-state index is 12.4. The van der Waals surface area contributed by atoms with Gasteiger partial charge in [0.1, 0.15) is 5.82 Å². The van der Waals surface area contributed by atoms with Crippen molar-refractivity contribution < 1.29 is 27.5 Å². The number of hydrogen-bond acceptors (Lipinski definition) is 5. The van der Waals surface area contributed by atoms with Crippen LogP contribution < -0.4 is 15.4 Å². The van der Waals surface area contributed by atoms with E-state index in [1.54, 1.807) is 13.0 Å². The van der Waals surface area contributed by atoms with Gasteiger partial charge in [0.15, 0.2) is 6.61 Å². The number of carbonyl (C=O) groups is 2. The number of rotatable bonds is 7. The molecule has 2 heterocycles. The fourth-order valence-corrected chi connectivity index (χ4v) is 2.62. The van der Waals surface area contributed by atoms with Gasteiger partial charge in [-0.25, -0.2) is 9.97 Å². The zero-order valence-corrected chi connectivity index (χ0v) is 16.5. The molecule has 1 fully saturated rings. The maximum Gasteiger partial charge on any atom is 0.422 e. The van der Waals surface area contributed by atoms with Gasteiger partial charge in [-0.1, -0.05) is 6.92 Å². The summed E-state index contributed by atoms with van der Waals surface area (Å²) in [7, 11) is 0. The first-order valence-electron chi connectivity index (χ1n) is 9.26. The highest BCUT2D eigenvalue weighted by Crippen LogP contribution is 2.45. The minimum atomic E-state index is -4.44. The highest BCUT2D eigenvalue weighted by atomic mass is 19.4. The van der Waals surface area contributed by atoms with E-state index >= 15 is 0 Å². The van der Waals surface area contributed by atoms with Gasteiger partial charge in [-0.15, -0.1) is 0 Å². The van der Waals surface area contributed by atoms with Crippen LogP contribution in [0.25, 0.3) is 0 Å². The predicted octanol–water partition coefficient (Wildman–Crippen LogP) is 3.39. The summed E-state index contributed by atoms with van der Waals surface area (Å²) < 4.78 is 41.4. The molecule has 7 nitrogen and oxygen atoms in total. The van der Waals surface area contributed by atoms with E-state index in [-0.39, 0.29) is 29.7 Å². The number of hydrogen-bond donors (Lipinski definition) is 2. The summed E-state index contributed by atoms with van der Waals surface area (Å²) in [5.41, 5.74) is 0.981. The number of anilines is 1. The summed E-state index contributed by atoms with van der Waals surface area (Å²) in [5.74, 6) is -0.326. The van der Waals surface area contributed by atoms with Gasteiger partial charge in [0.05, 0.1) is 0 Å². The van der Waals surface area contributed by atoms with E-state index in [4.69, 9.17) is 0 Å². The van der Waals surface area contributed by atoms with Crippen LogP contribution >= 0.6 is 0 Å². The molecule has 0 atom stereocenters. The van der Waals surface area contributed by atoms with Crippen LogP contribution in [-0.2, 0) is 11.3 Å². The summed E-state index contributed by atoms with van der Waals surface area (Å²) in [6.45, 7) is 2.14. The molecule has 2 amide bonds. The minimum absolute atomic E-state index is 0.110. The molecule has 160 valence electrons. The highest BCUT2D eigenvalue weighted by Gasteiger charge is 2.45. The number of carbonyl (C=O) groups excluding carboxylic acids is 2. The zero-order valence-electron chi connectivity index (χ0n) is 16.5.